The van der Waals surface area contributed by atoms with E-state index >= 15 is 0 Å². The van der Waals surface area contributed by atoms with E-state index in [1.807, 2.05) is 48.5 Å². The van der Waals surface area contributed by atoms with Gasteiger partial charge in [-0.1, -0.05) is 0 Å². The first-order chi connectivity index (χ1) is 15.0. The summed E-state index contributed by atoms with van der Waals surface area (Å²) in [7, 11) is 0. The van der Waals surface area contributed by atoms with E-state index in [2.05, 4.69) is 20.9 Å². The molecule has 2 fully saturated rings. The number of carbonyl (C=O) groups is 2. The van der Waals surface area contributed by atoms with Gasteiger partial charge in [0.2, 0.25) is 5.91 Å². The number of hydrogen-bond donors (Lipinski definition) is 3. The molecule has 3 amide bonds. The van der Waals surface area contributed by atoms with Crippen LogP contribution in [0.25, 0.3) is 0 Å². The van der Waals surface area contributed by atoms with Crippen molar-refractivity contribution in [1.82, 2.24) is 5.32 Å². The number of ether oxygens (including phenoxy) is 1. The van der Waals surface area contributed by atoms with E-state index in [0.717, 1.165) is 49.5 Å². The van der Waals surface area contributed by atoms with Crippen molar-refractivity contribution in [2.24, 2.45) is 0 Å². The molecule has 0 radical (unpaired) electrons. The second-order valence-electron chi connectivity index (χ2n) is 8.31. The van der Waals surface area contributed by atoms with Gasteiger partial charge in [0.25, 0.3) is 0 Å². The highest BCUT2D eigenvalue weighted by Gasteiger charge is 2.23. The lowest BCUT2D eigenvalue weighted by molar-refractivity contribution is -0.119. The number of urea groups is 1. The standard InChI is InChI=1S/C24H30N4O3/c1-17(29)25-20-14-15-28(16-20)21-10-6-18(7-11-21)26-24(30)27-19-8-12-23(13-9-19)31-22-4-2-3-5-22/h6-13,20,22H,2-5,14-16H2,1H3,(H,25,29)(H2,26,27,30)/t20-/m0/s1. The zero-order chi connectivity index (χ0) is 21.6. The van der Waals surface area contributed by atoms with Crippen LogP contribution in [-0.2, 0) is 4.79 Å². The van der Waals surface area contributed by atoms with Gasteiger partial charge in [0.05, 0.1) is 6.10 Å². The molecule has 1 saturated heterocycles. The summed E-state index contributed by atoms with van der Waals surface area (Å²) < 4.78 is 5.96. The van der Waals surface area contributed by atoms with E-state index in [-0.39, 0.29) is 18.0 Å². The van der Waals surface area contributed by atoms with Crippen molar-refractivity contribution in [3.8, 4) is 5.75 Å². The Kier molecular flexibility index (Phi) is 6.60. The predicted octanol–water partition coefficient (Wildman–Crippen LogP) is 4.37. The molecule has 1 heterocycles. The molecule has 1 aliphatic carbocycles. The molecule has 1 aliphatic heterocycles. The predicted molar refractivity (Wildman–Crippen MR) is 123 cm³/mol. The van der Waals surface area contributed by atoms with E-state index in [1.165, 1.54) is 12.8 Å². The van der Waals surface area contributed by atoms with Gasteiger partial charge in [0, 0.05) is 43.1 Å². The van der Waals surface area contributed by atoms with Crippen molar-refractivity contribution in [3.63, 3.8) is 0 Å². The van der Waals surface area contributed by atoms with E-state index < -0.39 is 0 Å². The zero-order valence-electron chi connectivity index (χ0n) is 17.9. The number of hydrogen-bond acceptors (Lipinski definition) is 4. The maximum atomic E-state index is 12.3. The lowest BCUT2D eigenvalue weighted by Crippen LogP contribution is -2.35. The molecule has 0 aromatic heterocycles. The van der Waals surface area contributed by atoms with Gasteiger partial charge in [-0.3, -0.25) is 4.79 Å². The lowest BCUT2D eigenvalue weighted by atomic mass is 10.2. The molecule has 1 atom stereocenters. The molecular formula is C24H30N4O3. The Labute approximate surface area is 183 Å². The topological polar surface area (TPSA) is 82.7 Å². The second-order valence-corrected chi connectivity index (χ2v) is 8.31. The Hall–Kier alpha value is -3.22. The van der Waals surface area contributed by atoms with E-state index in [9.17, 15) is 9.59 Å². The summed E-state index contributed by atoms with van der Waals surface area (Å²) in [5, 5.41) is 8.68. The van der Waals surface area contributed by atoms with Gasteiger partial charge in [0.15, 0.2) is 0 Å². The Morgan fingerprint density at radius 2 is 1.52 bits per heavy atom. The van der Waals surface area contributed by atoms with Crippen molar-refractivity contribution in [2.45, 2.75) is 51.2 Å². The van der Waals surface area contributed by atoms with Crippen LogP contribution in [0.2, 0.25) is 0 Å². The number of nitrogens with zero attached hydrogens (tertiary/aromatic N) is 1. The fraction of sp³-hybridized carbons (Fsp3) is 0.417. The summed E-state index contributed by atoms with van der Waals surface area (Å²) in [6.45, 7) is 3.25. The van der Waals surface area contributed by atoms with E-state index in [0.29, 0.717) is 11.8 Å². The molecule has 0 bridgehead atoms. The molecule has 0 unspecified atom stereocenters. The first-order valence-electron chi connectivity index (χ1n) is 11.0. The van der Waals surface area contributed by atoms with Gasteiger partial charge in [-0.05, 0) is 80.6 Å². The largest absolute Gasteiger partial charge is 0.490 e. The van der Waals surface area contributed by atoms with Crippen molar-refractivity contribution < 1.29 is 14.3 Å². The monoisotopic (exact) mass is 422 g/mol. The number of amides is 3. The van der Waals surface area contributed by atoms with E-state index in [1.54, 1.807) is 6.92 Å². The SMILES string of the molecule is CC(=O)N[C@H]1CCN(c2ccc(NC(=O)Nc3ccc(OC4CCCC4)cc3)cc2)C1. The Bertz CT molecular complexity index is 892. The minimum absolute atomic E-state index is 0.00777. The average molecular weight is 423 g/mol. The molecule has 2 aromatic rings. The molecule has 2 aliphatic rings. The van der Waals surface area contributed by atoms with Gasteiger partial charge >= 0.3 is 6.03 Å². The van der Waals surface area contributed by atoms with Crippen molar-refractivity contribution in [2.75, 3.05) is 28.6 Å². The van der Waals surface area contributed by atoms with Gasteiger partial charge in [0.1, 0.15) is 5.75 Å². The summed E-state index contributed by atoms with van der Waals surface area (Å²) in [5.41, 5.74) is 2.52. The molecule has 1 saturated carbocycles. The quantitative estimate of drug-likeness (QED) is 0.646. The second kappa shape index (κ2) is 9.73. The van der Waals surface area contributed by atoms with Gasteiger partial charge in [-0.2, -0.15) is 0 Å². The third-order valence-electron chi connectivity index (χ3n) is 5.80. The minimum Gasteiger partial charge on any atom is -0.490 e. The lowest BCUT2D eigenvalue weighted by Gasteiger charge is -2.19. The van der Waals surface area contributed by atoms with Crippen LogP contribution in [0.3, 0.4) is 0 Å². The molecule has 164 valence electrons. The average Bonchev–Trinajstić information content (AvgIpc) is 3.42. The summed E-state index contributed by atoms with van der Waals surface area (Å²) in [6.07, 6.45) is 5.97. The number of carbonyl (C=O) groups excluding carboxylic acids is 2. The highest BCUT2D eigenvalue weighted by Crippen LogP contribution is 2.25. The van der Waals surface area contributed by atoms with Gasteiger partial charge in [-0.15, -0.1) is 0 Å². The number of nitrogens with one attached hydrogen (secondary N) is 3. The third-order valence-corrected chi connectivity index (χ3v) is 5.80. The number of rotatable bonds is 6. The summed E-state index contributed by atoms with van der Waals surface area (Å²) >= 11 is 0. The Morgan fingerprint density at radius 1 is 0.903 bits per heavy atom. The van der Waals surface area contributed by atoms with Crippen LogP contribution >= 0.6 is 0 Å². The van der Waals surface area contributed by atoms with Crippen LogP contribution in [0.5, 0.6) is 5.75 Å². The molecule has 0 spiro atoms. The first kappa shape index (κ1) is 21.0. The van der Waals surface area contributed by atoms with Crippen LogP contribution in [0.15, 0.2) is 48.5 Å². The molecule has 7 heteroatoms. The molecule has 7 nitrogen and oxygen atoms in total. The van der Waals surface area contributed by atoms with E-state index in [4.69, 9.17) is 4.74 Å². The fourth-order valence-corrected chi connectivity index (χ4v) is 4.26. The molecule has 4 rings (SSSR count). The summed E-state index contributed by atoms with van der Waals surface area (Å²) in [4.78, 5) is 25.8. The van der Waals surface area contributed by atoms with Gasteiger partial charge in [-0.25, -0.2) is 4.79 Å². The van der Waals surface area contributed by atoms with Crippen LogP contribution in [0.4, 0.5) is 21.9 Å². The van der Waals surface area contributed by atoms with Crippen LogP contribution in [0, 0.1) is 0 Å². The molecule has 2 aromatic carbocycles. The molecule has 3 N–H and O–H groups in total. The third kappa shape index (κ3) is 5.90. The molecular weight excluding hydrogens is 392 g/mol. The van der Waals surface area contributed by atoms with Gasteiger partial charge < -0.3 is 25.6 Å². The maximum Gasteiger partial charge on any atom is 0.323 e. The summed E-state index contributed by atoms with van der Waals surface area (Å²) in [5.74, 6) is 0.851. The molecule has 31 heavy (non-hydrogen) atoms. The maximum absolute atomic E-state index is 12.3. The van der Waals surface area contributed by atoms with Crippen molar-refractivity contribution in [3.05, 3.63) is 48.5 Å². The van der Waals surface area contributed by atoms with Crippen LogP contribution < -0.4 is 25.6 Å². The number of benzene rings is 2. The van der Waals surface area contributed by atoms with Crippen LogP contribution in [-0.4, -0.2) is 37.2 Å². The summed E-state index contributed by atoms with van der Waals surface area (Å²) in [6, 6.07) is 15.2. The Morgan fingerprint density at radius 3 is 2.13 bits per heavy atom. The van der Waals surface area contributed by atoms with Crippen LogP contribution in [0.1, 0.15) is 39.0 Å². The first-order valence-corrected chi connectivity index (χ1v) is 11.0. The fourth-order valence-electron chi connectivity index (χ4n) is 4.26. The van der Waals surface area contributed by atoms with Crippen molar-refractivity contribution >= 4 is 29.0 Å². The Balaban J connectivity index is 1.25. The highest BCUT2D eigenvalue weighted by molar-refractivity contribution is 5.99. The zero-order valence-corrected chi connectivity index (χ0v) is 17.9. The number of anilines is 3. The minimum atomic E-state index is -0.288. The van der Waals surface area contributed by atoms with Crippen molar-refractivity contribution in [1.29, 1.82) is 0 Å². The highest BCUT2D eigenvalue weighted by atomic mass is 16.5. The normalized spacial score (nSPS) is 18.6. The smallest absolute Gasteiger partial charge is 0.323 e.